The van der Waals surface area contributed by atoms with Gasteiger partial charge in [0.2, 0.25) is 0 Å². The summed E-state index contributed by atoms with van der Waals surface area (Å²) in [5.74, 6) is 5.25. The van der Waals surface area contributed by atoms with E-state index in [2.05, 4.69) is 10.7 Å². The number of carbonyl (C=O) groups is 1. The van der Waals surface area contributed by atoms with Gasteiger partial charge in [-0.25, -0.2) is 0 Å². The van der Waals surface area contributed by atoms with Crippen LogP contribution in [0.25, 0.3) is 0 Å². The highest BCUT2D eigenvalue weighted by Crippen LogP contribution is 2.20. The highest BCUT2D eigenvalue weighted by molar-refractivity contribution is 7.10. The number of nitrogen functional groups attached to an aromatic ring is 1. The molecule has 2 aromatic rings. The van der Waals surface area contributed by atoms with Crippen LogP contribution in [-0.2, 0) is 0 Å². The molecule has 0 spiro atoms. The van der Waals surface area contributed by atoms with E-state index in [1.165, 1.54) is 0 Å². The average molecular weight is 261 g/mol. The van der Waals surface area contributed by atoms with Crippen LogP contribution in [0.5, 0.6) is 0 Å². The number of benzene rings is 1. The number of hydrogen-bond donors (Lipinski definition) is 3. The lowest BCUT2D eigenvalue weighted by atomic mass is 10.1. The first-order chi connectivity index (χ1) is 8.72. The summed E-state index contributed by atoms with van der Waals surface area (Å²) >= 11 is 1.62. The van der Waals surface area contributed by atoms with Gasteiger partial charge in [-0.3, -0.25) is 10.6 Å². The van der Waals surface area contributed by atoms with E-state index in [-0.39, 0.29) is 11.9 Å². The van der Waals surface area contributed by atoms with Gasteiger partial charge in [0.25, 0.3) is 5.91 Å². The Hall–Kier alpha value is -1.85. The van der Waals surface area contributed by atoms with Gasteiger partial charge in [-0.15, -0.1) is 11.3 Å². The minimum Gasteiger partial charge on any atom is -0.345 e. The minimum atomic E-state index is -0.135. The van der Waals surface area contributed by atoms with Crippen LogP contribution in [0.4, 0.5) is 5.69 Å². The van der Waals surface area contributed by atoms with Gasteiger partial charge in [0.15, 0.2) is 0 Å². The van der Waals surface area contributed by atoms with Gasteiger partial charge >= 0.3 is 0 Å². The number of nitrogens with two attached hydrogens (primary N) is 1. The normalized spacial score (nSPS) is 11.9. The number of hydrogen-bond acceptors (Lipinski definition) is 4. The summed E-state index contributed by atoms with van der Waals surface area (Å²) in [5.41, 5.74) is 3.69. The van der Waals surface area contributed by atoms with E-state index in [0.717, 1.165) is 4.88 Å². The molecular weight excluding hydrogens is 246 g/mol. The molecule has 18 heavy (non-hydrogen) atoms. The predicted molar refractivity (Wildman–Crippen MR) is 74.5 cm³/mol. The summed E-state index contributed by atoms with van der Waals surface area (Å²) in [6.45, 7) is 1.96. The van der Waals surface area contributed by atoms with Gasteiger partial charge in [0.05, 0.1) is 17.3 Å². The van der Waals surface area contributed by atoms with Crippen LogP contribution >= 0.6 is 11.3 Å². The molecule has 0 aliphatic heterocycles. The monoisotopic (exact) mass is 261 g/mol. The number of thiophene rings is 1. The van der Waals surface area contributed by atoms with E-state index in [1.54, 1.807) is 23.5 Å². The van der Waals surface area contributed by atoms with Crippen LogP contribution < -0.4 is 16.6 Å². The average Bonchev–Trinajstić information content (AvgIpc) is 2.92. The van der Waals surface area contributed by atoms with Crippen molar-refractivity contribution in [1.29, 1.82) is 0 Å². The molecule has 4 nitrogen and oxygen atoms in total. The SMILES string of the molecule is CC(NC(=O)c1ccccc1NN)c1cccs1. The summed E-state index contributed by atoms with van der Waals surface area (Å²) in [7, 11) is 0. The fourth-order valence-corrected chi connectivity index (χ4v) is 2.42. The van der Waals surface area contributed by atoms with Crippen molar-refractivity contribution in [2.24, 2.45) is 5.84 Å². The molecule has 0 saturated carbocycles. The Morgan fingerprint density at radius 3 is 2.72 bits per heavy atom. The van der Waals surface area contributed by atoms with Gasteiger partial charge in [-0.2, -0.15) is 0 Å². The number of anilines is 1. The summed E-state index contributed by atoms with van der Waals surface area (Å²) in [4.78, 5) is 13.3. The van der Waals surface area contributed by atoms with E-state index < -0.39 is 0 Å². The first kappa shape index (κ1) is 12.6. The molecule has 94 valence electrons. The van der Waals surface area contributed by atoms with E-state index in [4.69, 9.17) is 5.84 Å². The molecule has 0 radical (unpaired) electrons. The minimum absolute atomic E-state index is 0.0108. The van der Waals surface area contributed by atoms with Crippen molar-refractivity contribution in [2.75, 3.05) is 5.43 Å². The molecule has 4 N–H and O–H groups in total. The van der Waals surface area contributed by atoms with Crippen molar-refractivity contribution in [2.45, 2.75) is 13.0 Å². The maximum atomic E-state index is 12.1. The van der Waals surface area contributed by atoms with Crippen LogP contribution in [0.15, 0.2) is 41.8 Å². The fourth-order valence-electron chi connectivity index (χ4n) is 1.69. The third-order valence-corrected chi connectivity index (χ3v) is 3.70. The molecule has 0 bridgehead atoms. The number of rotatable bonds is 4. The zero-order valence-electron chi connectivity index (χ0n) is 10.0. The Morgan fingerprint density at radius 1 is 1.28 bits per heavy atom. The van der Waals surface area contributed by atoms with Crippen molar-refractivity contribution in [3.05, 3.63) is 52.2 Å². The van der Waals surface area contributed by atoms with Crippen LogP contribution in [0, 0.1) is 0 Å². The molecule has 2 rings (SSSR count). The number of carbonyl (C=O) groups excluding carboxylic acids is 1. The lowest BCUT2D eigenvalue weighted by molar-refractivity contribution is 0.0941. The summed E-state index contributed by atoms with van der Waals surface area (Å²) < 4.78 is 0. The second kappa shape index (κ2) is 5.66. The number of para-hydroxylation sites is 1. The van der Waals surface area contributed by atoms with Crippen LogP contribution in [0.2, 0.25) is 0 Å². The van der Waals surface area contributed by atoms with Crippen LogP contribution in [-0.4, -0.2) is 5.91 Å². The van der Waals surface area contributed by atoms with Crippen molar-refractivity contribution in [3.63, 3.8) is 0 Å². The molecule has 5 heteroatoms. The Labute approximate surface area is 110 Å². The highest BCUT2D eigenvalue weighted by atomic mass is 32.1. The molecule has 0 fully saturated rings. The molecule has 1 atom stereocenters. The van der Waals surface area contributed by atoms with E-state index in [9.17, 15) is 4.79 Å². The van der Waals surface area contributed by atoms with Gasteiger partial charge in [-0.1, -0.05) is 18.2 Å². The Bertz CT molecular complexity index is 525. The highest BCUT2D eigenvalue weighted by Gasteiger charge is 2.14. The fraction of sp³-hybridized carbons (Fsp3) is 0.154. The van der Waals surface area contributed by atoms with Crippen LogP contribution in [0.1, 0.15) is 28.2 Å². The van der Waals surface area contributed by atoms with E-state index >= 15 is 0 Å². The molecule has 0 aliphatic rings. The smallest absolute Gasteiger partial charge is 0.253 e. The molecule has 0 saturated heterocycles. The second-order valence-electron chi connectivity index (χ2n) is 3.90. The van der Waals surface area contributed by atoms with Crippen molar-refractivity contribution in [3.8, 4) is 0 Å². The second-order valence-corrected chi connectivity index (χ2v) is 4.88. The standard InChI is InChI=1S/C13H15N3OS/c1-9(12-7-4-8-18-12)15-13(17)10-5-2-3-6-11(10)16-14/h2-9,16H,14H2,1H3,(H,15,17). The van der Waals surface area contributed by atoms with Crippen molar-refractivity contribution >= 4 is 22.9 Å². The summed E-state index contributed by atoms with van der Waals surface area (Å²) in [5, 5.41) is 4.94. The first-order valence-electron chi connectivity index (χ1n) is 5.62. The lowest BCUT2D eigenvalue weighted by Gasteiger charge is -2.14. The predicted octanol–water partition coefficient (Wildman–Crippen LogP) is 2.52. The number of nitrogens with one attached hydrogen (secondary N) is 2. The van der Waals surface area contributed by atoms with E-state index in [0.29, 0.717) is 11.3 Å². The Balaban J connectivity index is 2.12. The largest absolute Gasteiger partial charge is 0.345 e. The Kier molecular flexibility index (Phi) is 3.96. The Morgan fingerprint density at radius 2 is 2.06 bits per heavy atom. The number of hydrazine groups is 1. The van der Waals surface area contributed by atoms with Gasteiger partial charge < -0.3 is 10.7 Å². The lowest BCUT2D eigenvalue weighted by Crippen LogP contribution is -2.27. The number of amides is 1. The maximum absolute atomic E-state index is 12.1. The van der Waals surface area contributed by atoms with Gasteiger partial charge in [-0.05, 0) is 30.5 Å². The molecule has 1 unspecified atom stereocenters. The van der Waals surface area contributed by atoms with Crippen molar-refractivity contribution < 1.29 is 4.79 Å². The molecule has 1 aromatic heterocycles. The quantitative estimate of drug-likeness (QED) is 0.585. The maximum Gasteiger partial charge on any atom is 0.253 e. The van der Waals surface area contributed by atoms with Crippen LogP contribution in [0.3, 0.4) is 0 Å². The zero-order valence-corrected chi connectivity index (χ0v) is 10.8. The molecule has 0 aliphatic carbocycles. The topological polar surface area (TPSA) is 67.2 Å². The summed E-state index contributed by atoms with van der Waals surface area (Å²) in [6.07, 6.45) is 0. The van der Waals surface area contributed by atoms with E-state index in [1.807, 2.05) is 36.6 Å². The third-order valence-electron chi connectivity index (χ3n) is 2.64. The van der Waals surface area contributed by atoms with Gasteiger partial charge in [0, 0.05) is 4.88 Å². The molecule has 1 heterocycles. The summed E-state index contributed by atoms with van der Waals surface area (Å²) in [6, 6.07) is 11.1. The molecule has 1 aromatic carbocycles. The molecule has 1 amide bonds. The van der Waals surface area contributed by atoms with Gasteiger partial charge in [0.1, 0.15) is 0 Å². The third kappa shape index (κ3) is 2.69. The zero-order chi connectivity index (χ0) is 13.0. The van der Waals surface area contributed by atoms with Crippen molar-refractivity contribution in [1.82, 2.24) is 5.32 Å². The molecular formula is C13H15N3OS. The first-order valence-corrected chi connectivity index (χ1v) is 6.50.